The van der Waals surface area contributed by atoms with Crippen molar-refractivity contribution in [3.63, 3.8) is 0 Å². The second-order valence-corrected chi connectivity index (χ2v) is 2.72. The molecule has 0 saturated heterocycles. The van der Waals surface area contributed by atoms with Crippen molar-refractivity contribution in [2.45, 2.75) is 13.2 Å². The molecule has 5 heteroatoms. The Hall–Kier alpha value is -1.04. The van der Waals surface area contributed by atoms with Crippen LogP contribution in [-0.4, -0.2) is 12.2 Å². The standard InChI is InChI=1S/C9H11F2NO2/c1-14-12-4-6-2-8(10)9(11)3-7(6)5-13/h2-3,12-13H,4-5H2,1H3. The smallest absolute Gasteiger partial charge is 0.159 e. The van der Waals surface area contributed by atoms with Crippen LogP contribution in [0.4, 0.5) is 8.78 Å². The zero-order chi connectivity index (χ0) is 10.6. The molecule has 0 unspecified atom stereocenters. The quantitative estimate of drug-likeness (QED) is 0.720. The molecule has 0 atom stereocenters. The van der Waals surface area contributed by atoms with Crippen LogP contribution < -0.4 is 5.48 Å². The molecule has 0 bridgehead atoms. The van der Waals surface area contributed by atoms with E-state index in [2.05, 4.69) is 10.3 Å². The van der Waals surface area contributed by atoms with E-state index in [0.29, 0.717) is 11.1 Å². The molecule has 0 radical (unpaired) electrons. The molecule has 1 aromatic carbocycles. The lowest BCUT2D eigenvalue weighted by Gasteiger charge is -2.08. The molecule has 0 spiro atoms. The van der Waals surface area contributed by atoms with Gasteiger partial charge in [0.25, 0.3) is 0 Å². The zero-order valence-corrected chi connectivity index (χ0v) is 7.68. The molecule has 0 aliphatic carbocycles. The fraction of sp³-hybridized carbons (Fsp3) is 0.333. The molecule has 2 N–H and O–H groups in total. The van der Waals surface area contributed by atoms with Gasteiger partial charge in [0.15, 0.2) is 11.6 Å². The highest BCUT2D eigenvalue weighted by Gasteiger charge is 2.08. The first-order chi connectivity index (χ1) is 6.69. The zero-order valence-electron chi connectivity index (χ0n) is 7.68. The van der Waals surface area contributed by atoms with Crippen molar-refractivity contribution >= 4 is 0 Å². The maximum absolute atomic E-state index is 12.8. The molecule has 3 nitrogen and oxygen atoms in total. The number of rotatable bonds is 4. The molecule has 0 aliphatic heterocycles. The Morgan fingerprint density at radius 2 is 1.86 bits per heavy atom. The molecular formula is C9H11F2NO2. The van der Waals surface area contributed by atoms with Gasteiger partial charge in [0.05, 0.1) is 13.7 Å². The highest BCUT2D eigenvalue weighted by atomic mass is 19.2. The van der Waals surface area contributed by atoms with Crippen molar-refractivity contribution in [2.24, 2.45) is 0 Å². The summed E-state index contributed by atoms with van der Waals surface area (Å²) in [5, 5.41) is 8.88. The van der Waals surface area contributed by atoms with Gasteiger partial charge in [-0.25, -0.2) is 8.78 Å². The van der Waals surface area contributed by atoms with Crippen LogP contribution in [0.1, 0.15) is 11.1 Å². The van der Waals surface area contributed by atoms with Crippen molar-refractivity contribution in [3.8, 4) is 0 Å². The first kappa shape index (κ1) is 11.0. The number of aliphatic hydroxyl groups is 1. The molecule has 78 valence electrons. The van der Waals surface area contributed by atoms with E-state index in [4.69, 9.17) is 5.11 Å². The Labute approximate surface area is 80.3 Å². The highest BCUT2D eigenvalue weighted by molar-refractivity contribution is 5.28. The van der Waals surface area contributed by atoms with Crippen molar-refractivity contribution in [1.82, 2.24) is 5.48 Å². The predicted octanol–water partition coefficient (Wildman–Crippen LogP) is 1.11. The van der Waals surface area contributed by atoms with Crippen LogP contribution in [0.5, 0.6) is 0 Å². The minimum atomic E-state index is -0.963. The van der Waals surface area contributed by atoms with Gasteiger partial charge in [0, 0.05) is 6.54 Å². The van der Waals surface area contributed by atoms with Gasteiger partial charge in [-0.3, -0.25) is 0 Å². The van der Waals surface area contributed by atoms with E-state index in [1.807, 2.05) is 0 Å². The summed E-state index contributed by atoms with van der Waals surface area (Å²) in [6.07, 6.45) is 0. The number of hydrogen-bond donors (Lipinski definition) is 2. The van der Waals surface area contributed by atoms with Gasteiger partial charge < -0.3 is 9.94 Å². The third-order valence-corrected chi connectivity index (χ3v) is 1.82. The molecule has 0 amide bonds. The number of hydrogen-bond acceptors (Lipinski definition) is 3. The summed E-state index contributed by atoms with van der Waals surface area (Å²) < 4.78 is 25.5. The number of benzene rings is 1. The lowest BCUT2D eigenvalue weighted by Crippen LogP contribution is -2.13. The van der Waals surface area contributed by atoms with Crippen LogP contribution in [0, 0.1) is 11.6 Å². The first-order valence-corrected chi connectivity index (χ1v) is 4.02. The van der Waals surface area contributed by atoms with Crippen molar-refractivity contribution < 1.29 is 18.7 Å². The fourth-order valence-corrected chi connectivity index (χ4v) is 1.09. The van der Waals surface area contributed by atoms with E-state index in [1.165, 1.54) is 7.11 Å². The maximum atomic E-state index is 12.8. The van der Waals surface area contributed by atoms with Crippen LogP contribution in [0.25, 0.3) is 0 Å². The van der Waals surface area contributed by atoms with E-state index in [1.54, 1.807) is 0 Å². The lowest BCUT2D eigenvalue weighted by atomic mass is 10.1. The minimum absolute atomic E-state index is 0.212. The topological polar surface area (TPSA) is 41.5 Å². The van der Waals surface area contributed by atoms with Crippen LogP contribution >= 0.6 is 0 Å². The van der Waals surface area contributed by atoms with E-state index < -0.39 is 11.6 Å². The Morgan fingerprint density at radius 1 is 1.29 bits per heavy atom. The molecule has 0 aromatic heterocycles. The van der Waals surface area contributed by atoms with E-state index in [0.717, 1.165) is 12.1 Å². The first-order valence-electron chi connectivity index (χ1n) is 4.02. The number of hydroxylamine groups is 1. The van der Waals surface area contributed by atoms with Gasteiger partial charge >= 0.3 is 0 Å². The van der Waals surface area contributed by atoms with Crippen molar-refractivity contribution in [3.05, 3.63) is 34.9 Å². The molecule has 0 heterocycles. The average molecular weight is 203 g/mol. The number of aliphatic hydroxyl groups excluding tert-OH is 1. The molecule has 1 rings (SSSR count). The van der Waals surface area contributed by atoms with Gasteiger partial charge in [-0.2, -0.15) is 5.48 Å². The number of nitrogens with one attached hydrogen (secondary N) is 1. The molecule has 14 heavy (non-hydrogen) atoms. The lowest BCUT2D eigenvalue weighted by molar-refractivity contribution is 0.0861. The van der Waals surface area contributed by atoms with Crippen molar-refractivity contribution in [1.29, 1.82) is 0 Å². The molecular weight excluding hydrogens is 192 g/mol. The SMILES string of the molecule is CONCc1cc(F)c(F)cc1CO. The Morgan fingerprint density at radius 3 is 2.36 bits per heavy atom. The fourth-order valence-electron chi connectivity index (χ4n) is 1.09. The van der Waals surface area contributed by atoms with Crippen LogP contribution in [-0.2, 0) is 18.0 Å². The van der Waals surface area contributed by atoms with Crippen molar-refractivity contribution in [2.75, 3.05) is 7.11 Å². The van der Waals surface area contributed by atoms with E-state index >= 15 is 0 Å². The monoisotopic (exact) mass is 203 g/mol. The Kier molecular flexibility index (Phi) is 3.94. The highest BCUT2D eigenvalue weighted by Crippen LogP contribution is 2.15. The maximum Gasteiger partial charge on any atom is 0.159 e. The average Bonchev–Trinajstić information content (AvgIpc) is 2.19. The molecule has 0 fully saturated rings. The van der Waals surface area contributed by atoms with E-state index in [-0.39, 0.29) is 13.2 Å². The third-order valence-electron chi connectivity index (χ3n) is 1.82. The van der Waals surface area contributed by atoms with Gasteiger partial charge in [0.1, 0.15) is 0 Å². The predicted molar refractivity (Wildman–Crippen MR) is 46.1 cm³/mol. The summed E-state index contributed by atoms with van der Waals surface area (Å²) in [6, 6.07) is 2.01. The van der Waals surface area contributed by atoms with Crippen LogP contribution in [0.2, 0.25) is 0 Å². The van der Waals surface area contributed by atoms with Gasteiger partial charge in [-0.1, -0.05) is 0 Å². The molecule has 0 aliphatic rings. The summed E-state index contributed by atoms with van der Waals surface area (Å²) >= 11 is 0. The van der Waals surface area contributed by atoms with E-state index in [9.17, 15) is 8.78 Å². The Balaban J connectivity index is 2.95. The van der Waals surface area contributed by atoms with Gasteiger partial charge in [-0.15, -0.1) is 0 Å². The third kappa shape index (κ3) is 2.47. The second-order valence-electron chi connectivity index (χ2n) is 2.72. The Bertz CT molecular complexity index is 318. The van der Waals surface area contributed by atoms with Crippen LogP contribution in [0.15, 0.2) is 12.1 Å². The molecule has 0 saturated carbocycles. The molecule has 1 aromatic rings. The summed E-state index contributed by atoms with van der Waals surface area (Å²) in [5.74, 6) is -1.90. The normalized spacial score (nSPS) is 10.6. The minimum Gasteiger partial charge on any atom is -0.392 e. The number of halogens is 2. The van der Waals surface area contributed by atoms with Crippen LogP contribution in [0.3, 0.4) is 0 Å². The summed E-state index contributed by atoms with van der Waals surface area (Å²) in [4.78, 5) is 4.57. The summed E-state index contributed by atoms with van der Waals surface area (Å²) in [5.41, 5.74) is 3.29. The van der Waals surface area contributed by atoms with Gasteiger partial charge in [0.2, 0.25) is 0 Å². The largest absolute Gasteiger partial charge is 0.392 e. The second kappa shape index (κ2) is 4.99. The summed E-state index contributed by atoms with van der Waals surface area (Å²) in [7, 11) is 1.42. The van der Waals surface area contributed by atoms with Gasteiger partial charge in [-0.05, 0) is 23.3 Å². The summed E-state index contributed by atoms with van der Waals surface area (Å²) in [6.45, 7) is -0.123.